The number of nitrogens with zero attached hydrogens (tertiary/aromatic N) is 3. The van der Waals surface area contributed by atoms with Crippen LogP contribution in [0.2, 0.25) is 5.02 Å². The SMILES string of the molecule is [N-]=[N+]=NCCC#Cc1ccccc1Cl. The van der Waals surface area contributed by atoms with Crippen LogP contribution in [-0.2, 0) is 0 Å². The number of hydrogen-bond donors (Lipinski definition) is 0. The molecule has 0 atom stereocenters. The molecule has 0 aliphatic heterocycles. The molecule has 0 aliphatic rings. The average molecular weight is 206 g/mol. The summed E-state index contributed by atoms with van der Waals surface area (Å²) in [7, 11) is 0. The smallest absolute Gasteiger partial charge is 0.0562 e. The molecular weight excluding hydrogens is 198 g/mol. The molecule has 0 bridgehead atoms. The van der Waals surface area contributed by atoms with Gasteiger partial charge in [-0.2, -0.15) is 0 Å². The first kappa shape index (κ1) is 10.5. The van der Waals surface area contributed by atoms with Crippen molar-refractivity contribution in [3.8, 4) is 11.8 Å². The lowest BCUT2D eigenvalue weighted by atomic mass is 10.2. The van der Waals surface area contributed by atoms with Crippen molar-refractivity contribution in [3.05, 3.63) is 45.3 Å². The van der Waals surface area contributed by atoms with Gasteiger partial charge in [0.1, 0.15) is 0 Å². The van der Waals surface area contributed by atoms with Crippen molar-refractivity contribution in [2.45, 2.75) is 6.42 Å². The minimum Gasteiger partial charge on any atom is -0.0977 e. The van der Waals surface area contributed by atoms with Gasteiger partial charge >= 0.3 is 0 Å². The van der Waals surface area contributed by atoms with Crippen LogP contribution in [0.5, 0.6) is 0 Å². The summed E-state index contributed by atoms with van der Waals surface area (Å²) in [6, 6.07) is 7.37. The van der Waals surface area contributed by atoms with Gasteiger partial charge in [0.05, 0.1) is 5.02 Å². The Morgan fingerprint density at radius 2 is 2.21 bits per heavy atom. The van der Waals surface area contributed by atoms with E-state index in [0.29, 0.717) is 18.0 Å². The summed E-state index contributed by atoms with van der Waals surface area (Å²) in [5.41, 5.74) is 8.82. The fourth-order valence-corrected chi connectivity index (χ4v) is 1.05. The normalized spacial score (nSPS) is 8.36. The van der Waals surface area contributed by atoms with Crippen LogP contribution in [-0.4, -0.2) is 6.54 Å². The van der Waals surface area contributed by atoms with Crippen LogP contribution >= 0.6 is 11.6 Å². The van der Waals surface area contributed by atoms with Gasteiger partial charge in [-0.3, -0.25) is 0 Å². The minimum absolute atomic E-state index is 0.397. The van der Waals surface area contributed by atoms with E-state index < -0.39 is 0 Å². The van der Waals surface area contributed by atoms with Gasteiger partial charge in [-0.15, -0.1) is 0 Å². The van der Waals surface area contributed by atoms with Crippen LogP contribution < -0.4 is 0 Å². The monoisotopic (exact) mass is 205 g/mol. The van der Waals surface area contributed by atoms with Gasteiger partial charge in [0.25, 0.3) is 0 Å². The van der Waals surface area contributed by atoms with Gasteiger partial charge < -0.3 is 0 Å². The molecule has 14 heavy (non-hydrogen) atoms. The predicted octanol–water partition coefficient (Wildman–Crippen LogP) is 3.39. The van der Waals surface area contributed by atoms with Crippen molar-refractivity contribution in [1.82, 2.24) is 0 Å². The lowest BCUT2D eigenvalue weighted by molar-refractivity contribution is 1.01. The highest BCUT2D eigenvalue weighted by Gasteiger charge is 1.91. The van der Waals surface area contributed by atoms with Crippen LogP contribution in [0.4, 0.5) is 0 Å². The molecule has 3 nitrogen and oxygen atoms in total. The van der Waals surface area contributed by atoms with Gasteiger partial charge in [0.15, 0.2) is 0 Å². The standard InChI is InChI=1S/C10H8ClN3/c11-10-7-2-1-5-9(10)6-3-4-8-13-14-12/h1-2,5,7H,4,8H2. The van der Waals surface area contributed by atoms with E-state index in [1.165, 1.54) is 0 Å². The summed E-state index contributed by atoms with van der Waals surface area (Å²) in [5, 5.41) is 4.01. The zero-order valence-corrected chi connectivity index (χ0v) is 8.20. The molecule has 1 aromatic carbocycles. The summed E-state index contributed by atoms with van der Waals surface area (Å²) in [6.07, 6.45) is 0.551. The second kappa shape index (κ2) is 5.93. The molecule has 1 aromatic rings. The Hall–Kier alpha value is -1.62. The van der Waals surface area contributed by atoms with Gasteiger partial charge in [0.2, 0.25) is 0 Å². The third-order valence-electron chi connectivity index (χ3n) is 1.50. The third kappa shape index (κ3) is 3.40. The highest BCUT2D eigenvalue weighted by Crippen LogP contribution is 2.12. The van der Waals surface area contributed by atoms with Gasteiger partial charge in [-0.05, 0) is 17.7 Å². The van der Waals surface area contributed by atoms with Crippen molar-refractivity contribution in [2.24, 2.45) is 5.11 Å². The Morgan fingerprint density at radius 3 is 2.93 bits per heavy atom. The summed E-state index contributed by atoms with van der Waals surface area (Å²) in [4.78, 5) is 2.63. The van der Waals surface area contributed by atoms with E-state index in [2.05, 4.69) is 21.9 Å². The fraction of sp³-hybridized carbons (Fsp3) is 0.200. The van der Waals surface area contributed by atoms with E-state index in [-0.39, 0.29) is 0 Å². The quantitative estimate of drug-likeness (QED) is 0.234. The Morgan fingerprint density at radius 1 is 1.43 bits per heavy atom. The number of rotatable bonds is 2. The highest BCUT2D eigenvalue weighted by atomic mass is 35.5. The number of hydrogen-bond acceptors (Lipinski definition) is 1. The fourth-order valence-electron chi connectivity index (χ4n) is 0.871. The number of halogens is 1. The average Bonchev–Trinajstić information content (AvgIpc) is 2.20. The zero-order valence-electron chi connectivity index (χ0n) is 7.44. The molecule has 0 saturated carbocycles. The Labute approximate surface area is 87.3 Å². The molecule has 0 unspecified atom stereocenters. The maximum atomic E-state index is 8.02. The lowest BCUT2D eigenvalue weighted by Gasteiger charge is -1.92. The van der Waals surface area contributed by atoms with E-state index in [1.54, 1.807) is 6.07 Å². The first-order valence-corrected chi connectivity index (χ1v) is 4.46. The second-order valence-corrected chi connectivity index (χ2v) is 2.89. The molecule has 0 aromatic heterocycles. The van der Waals surface area contributed by atoms with E-state index in [1.807, 2.05) is 18.2 Å². The van der Waals surface area contributed by atoms with Crippen LogP contribution in [0, 0.1) is 11.8 Å². The van der Waals surface area contributed by atoms with Crippen LogP contribution in [0.1, 0.15) is 12.0 Å². The molecule has 0 aliphatic carbocycles. The molecule has 4 heteroatoms. The van der Waals surface area contributed by atoms with Gasteiger partial charge in [-0.1, -0.05) is 40.7 Å². The first-order chi connectivity index (χ1) is 6.84. The molecular formula is C10H8ClN3. The maximum absolute atomic E-state index is 8.02. The van der Waals surface area contributed by atoms with E-state index in [0.717, 1.165) is 5.56 Å². The van der Waals surface area contributed by atoms with Gasteiger partial charge in [0, 0.05) is 23.4 Å². The molecule has 0 heterocycles. The number of azide groups is 1. The summed E-state index contributed by atoms with van der Waals surface area (Å²) < 4.78 is 0. The van der Waals surface area contributed by atoms with Crippen LogP contribution in [0.15, 0.2) is 29.4 Å². The predicted molar refractivity (Wildman–Crippen MR) is 57.0 cm³/mol. The Bertz CT molecular complexity index is 411. The summed E-state index contributed by atoms with van der Waals surface area (Å²) >= 11 is 5.88. The topological polar surface area (TPSA) is 48.8 Å². The summed E-state index contributed by atoms with van der Waals surface area (Å²) in [5.74, 6) is 5.78. The maximum Gasteiger partial charge on any atom is 0.0562 e. The number of benzene rings is 1. The van der Waals surface area contributed by atoms with Crippen LogP contribution in [0.25, 0.3) is 10.4 Å². The van der Waals surface area contributed by atoms with E-state index in [9.17, 15) is 0 Å². The Balaban J connectivity index is 2.59. The highest BCUT2D eigenvalue weighted by molar-refractivity contribution is 6.31. The zero-order chi connectivity index (χ0) is 10.2. The molecule has 0 fully saturated rings. The third-order valence-corrected chi connectivity index (χ3v) is 1.83. The Kier molecular flexibility index (Phi) is 4.43. The van der Waals surface area contributed by atoms with Crippen molar-refractivity contribution < 1.29 is 0 Å². The molecule has 70 valence electrons. The lowest BCUT2D eigenvalue weighted by Crippen LogP contribution is -1.77. The first-order valence-electron chi connectivity index (χ1n) is 4.09. The van der Waals surface area contributed by atoms with Gasteiger partial charge in [-0.25, -0.2) is 0 Å². The second-order valence-electron chi connectivity index (χ2n) is 2.49. The molecule has 0 spiro atoms. The minimum atomic E-state index is 0.397. The van der Waals surface area contributed by atoms with Crippen LogP contribution in [0.3, 0.4) is 0 Å². The summed E-state index contributed by atoms with van der Waals surface area (Å²) in [6.45, 7) is 0.397. The van der Waals surface area contributed by atoms with E-state index >= 15 is 0 Å². The van der Waals surface area contributed by atoms with Crippen molar-refractivity contribution in [1.29, 1.82) is 0 Å². The molecule has 0 saturated heterocycles. The largest absolute Gasteiger partial charge is 0.0977 e. The van der Waals surface area contributed by atoms with Crippen molar-refractivity contribution >= 4 is 11.6 Å². The van der Waals surface area contributed by atoms with Crippen molar-refractivity contribution in [2.75, 3.05) is 6.54 Å². The molecule has 0 amide bonds. The van der Waals surface area contributed by atoms with Crippen molar-refractivity contribution in [3.63, 3.8) is 0 Å². The van der Waals surface area contributed by atoms with E-state index in [4.69, 9.17) is 17.1 Å². The molecule has 0 radical (unpaired) electrons. The molecule has 1 rings (SSSR count). The molecule has 0 N–H and O–H groups in total.